The van der Waals surface area contributed by atoms with E-state index >= 15 is 0 Å². The molecule has 4 saturated carbocycles. The monoisotopic (exact) mass is 275 g/mol. The quantitative estimate of drug-likeness (QED) is 0.917. The first-order valence-electron chi connectivity index (χ1n) is 8.17. The number of aromatic nitrogens is 2. The minimum Gasteiger partial charge on any atom is -0.339 e. The predicted octanol–water partition coefficient (Wildman–Crippen LogP) is 2.72. The summed E-state index contributed by atoms with van der Waals surface area (Å²) >= 11 is 0. The van der Waals surface area contributed by atoms with Gasteiger partial charge in [-0.05, 0) is 68.6 Å². The second-order valence-corrected chi connectivity index (χ2v) is 7.88. The Labute approximate surface area is 120 Å². The molecule has 0 radical (unpaired) electrons. The standard InChI is InChI=1S/C16H25N3O/c1-10(17)2-15-18-14(19-20-15)9-16-6-11-3-12(7-16)5-13(4-11)8-16/h10-13H,2-9,17H2,1H3. The third-order valence-electron chi connectivity index (χ3n) is 5.70. The summed E-state index contributed by atoms with van der Waals surface area (Å²) < 4.78 is 5.35. The largest absolute Gasteiger partial charge is 0.339 e. The molecule has 1 atom stereocenters. The first kappa shape index (κ1) is 12.8. The Hall–Kier alpha value is -0.900. The van der Waals surface area contributed by atoms with E-state index in [-0.39, 0.29) is 6.04 Å². The maximum atomic E-state index is 5.79. The van der Waals surface area contributed by atoms with Gasteiger partial charge in [0.2, 0.25) is 5.89 Å². The van der Waals surface area contributed by atoms with Crippen LogP contribution < -0.4 is 5.73 Å². The number of nitrogens with two attached hydrogens (primary N) is 1. The molecule has 0 spiro atoms. The van der Waals surface area contributed by atoms with Crippen LogP contribution in [0.2, 0.25) is 0 Å². The van der Waals surface area contributed by atoms with Crippen molar-refractivity contribution in [2.75, 3.05) is 0 Å². The molecule has 2 N–H and O–H groups in total. The average Bonchev–Trinajstić information content (AvgIpc) is 2.72. The van der Waals surface area contributed by atoms with Gasteiger partial charge >= 0.3 is 0 Å². The van der Waals surface area contributed by atoms with E-state index in [9.17, 15) is 0 Å². The average molecular weight is 275 g/mol. The summed E-state index contributed by atoms with van der Waals surface area (Å²) in [6.07, 6.45) is 10.4. The topological polar surface area (TPSA) is 64.9 Å². The molecule has 1 aromatic heterocycles. The molecular weight excluding hydrogens is 250 g/mol. The van der Waals surface area contributed by atoms with Crippen molar-refractivity contribution < 1.29 is 4.52 Å². The van der Waals surface area contributed by atoms with Crippen molar-refractivity contribution in [1.29, 1.82) is 0 Å². The van der Waals surface area contributed by atoms with Crippen molar-refractivity contribution in [2.24, 2.45) is 28.9 Å². The normalized spacial score (nSPS) is 40.2. The van der Waals surface area contributed by atoms with Crippen LogP contribution in [-0.4, -0.2) is 16.2 Å². The van der Waals surface area contributed by atoms with E-state index in [0.29, 0.717) is 17.7 Å². The van der Waals surface area contributed by atoms with Crippen molar-refractivity contribution in [3.8, 4) is 0 Å². The van der Waals surface area contributed by atoms with Gasteiger partial charge in [0.1, 0.15) is 0 Å². The van der Waals surface area contributed by atoms with E-state index in [0.717, 1.165) is 30.0 Å². The lowest BCUT2D eigenvalue weighted by Gasteiger charge is -2.56. The molecule has 0 aliphatic heterocycles. The van der Waals surface area contributed by atoms with Crippen LogP contribution in [0.15, 0.2) is 4.52 Å². The van der Waals surface area contributed by atoms with Crippen LogP contribution in [0.5, 0.6) is 0 Å². The Balaban J connectivity index is 1.49. The molecular formula is C16H25N3O. The molecule has 4 heteroatoms. The van der Waals surface area contributed by atoms with Crippen LogP contribution in [0.3, 0.4) is 0 Å². The maximum absolute atomic E-state index is 5.79. The lowest BCUT2D eigenvalue weighted by molar-refractivity contribution is -0.0533. The SMILES string of the molecule is CC(N)Cc1nc(CC23CC4CC(CC(C4)C2)C3)no1. The van der Waals surface area contributed by atoms with Crippen LogP contribution in [0.1, 0.15) is 57.2 Å². The Kier molecular flexibility index (Phi) is 2.92. The van der Waals surface area contributed by atoms with Gasteiger partial charge in [-0.1, -0.05) is 5.16 Å². The van der Waals surface area contributed by atoms with Gasteiger partial charge in [0, 0.05) is 18.9 Å². The van der Waals surface area contributed by atoms with Gasteiger partial charge < -0.3 is 10.3 Å². The highest BCUT2D eigenvalue weighted by atomic mass is 16.5. The summed E-state index contributed by atoms with van der Waals surface area (Å²) in [6, 6.07) is 0.0860. The molecule has 4 nitrogen and oxygen atoms in total. The fraction of sp³-hybridized carbons (Fsp3) is 0.875. The number of hydrogen-bond acceptors (Lipinski definition) is 4. The van der Waals surface area contributed by atoms with Crippen molar-refractivity contribution >= 4 is 0 Å². The smallest absolute Gasteiger partial charge is 0.228 e. The van der Waals surface area contributed by atoms with Crippen molar-refractivity contribution in [3.05, 3.63) is 11.7 Å². The molecule has 4 fully saturated rings. The highest BCUT2D eigenvalue weighted by molar-refractivity contribution is 5.05. The molecule has 0 aromatic carbocycles. The number of hydrogen-bond donors (Lipinski definition) is 1. The zero-order valence-electron chi connectivity index (χ0n) is 12.3. The first-order valence-corrected chi connectivity index (χ1v) is 8.17. The lowest BCUT2D eigenvalue weighted by atomic mass is 9.49. The highest BCUT2D eigenvalue weighted by Crippen LogP contribution is 2.60. The zero-order chi connectivity index (χ0) is 13.7. The van der Waals surface area contributed by atoms with Crippen molar-refractivity contribution in [2.45, 2.75) is 64.3 Å². The number of rotatable bonds is 4. The van der Waals surface area contributed by atoms with E-state index in [1.54, 1.807) is 0 Å². The summed E-state index contributed by atoms with van der Waals surface area (Å²) in [5.41, 5.74) is 6.28. The van der Waals surface area contributed by atoms with Gasteiger partial charge in [0.05, 0.1) is 0 Å². The van der Waals surface area contributed by atoms with Gasteiger partial charge in [-0.2, -0.15) is 4.98 Å². The van der Waals surface area contributed by atoms with Gasteiger partial charge in [0.25, 0.3) is 0 Å². The van der Waals surface area contributed by atoms with Gasteiger partial charge in [-0.15, -0.1) is 0 Å². The van der Waals surface area contributed by atoms with Crippen LogP contribution >= 0.6 is 0 Å². The number of nitrogens with zero attached hydrogens (tertiary/aromatic N) is 2. The molecule has 4 aliphatic rings. The molecule has 1 aromatic rings. The minimum atomic E-state index is 0.0860. The molecule has 5 rings (SSSR count). The summed E-state index contributed by atoms with van der Waals surface area (Å²) in [7, 11) is 0. The summed E-state index contributed by atoms with van der Waals surface area (Å²) in [4.78, 5) is 4.57. The Bertz CT molecular complexity index is 458. The molecule has 4 aliphatic carbocycles. The summed E-state index contributed by atoms with van der Waals surface area (Å²) in [5, 5.41) is 4.20. The lowest BCUT2D eigenvalue weighted by Crippen LogP contribution is -2.47. The van der Waals surface area contributed by atoms with Gasteiger partial charge in [-0.25, -0.2) is 0 Å². The summed E-state index contributed by atoms with van der Waals surface area (Å²) in [6.45, 7) is 1.98. The molecule has 20 heavy (non-hydrogen) atoms. The second kappa shape index (κ2) is 4.55. The molecule has 0 saturated heterocycles. The third-order valence-corrected chi connectivity index (χ3v) is 5.70. The third kappa shape index (κ3) is 2.28. The Morgan fingerprint density at radius 3 is 2.35 bits per heavy atom. The van der Waals surface area contributed by atoms with Crippen LogP contribution in [0.4, 0.5) is 0 Å². The molecule has 4 bridgehead atoms. The Morgan fingerprint density at radius 1 is 1.20 bits per heavy atom. The second-order valence-electron chi connectivity index (χ2n) is 7.88. The fourth-order valence-corrected chi connectivity index (χ4v) is 5.56. The maximum Gasteiger partial charge on any atom is 0.228 e. The fourth-order valence-electron chi connectivity index (χ4n) is 5.56. The summed E-state index contributed by atoms with van der Waals surface area (Å²) in [5.74, 6) is 4.58. The molecule has 1 heterocycles. The molecule has 1 unspecified atom stereocenters. The molecule has 0 amide bonds. The van der Waals surface area contributed by atoms with E-state index in [1.165, 1.54) is 38.5 Å². The van der Waals surface area contributed by atoms with Crippen LogP contribution in [0.25, 0.3) is 0 Å². The van der Waals surface area contributed by atoms with Crippen molar-refractivity contribution in [3.63, 3.8) is 0 Å². The van der Waals surface area contributed by atoms with Crippen molar-refractivity contribution in [1.82, 2.24) is 10.1 Å². The molecule has 110 valence electrons. The van der Waals surface area contributed by atoms with Gasteiger partial charge in [-0.3, -0.25) is 0 Å². The highest BCUT2D eigenvalue weighted by Gasteiger charge is 2.51. The minimum absolute atomic E-state index is 0.0860. The van der Waals surface area contributed by atoms with E-state index in [4.69, 9.17) is 10.3 Å². The zero-order valence-corrected chi connectivity index (χ0v) is 12.3. The Morgan fingerprint density at radius 2 is 1.80 bits per heavy atom. The van der Waals surface area contributed by atoms with Crippen LogP contribution in [-0.2, 0) is 12.8 Å². The van der Waals surface area contributed by atoms with E-state index < -0.39 is 0 Å². The first-order chi connectivity index (χ1) is 9.60. The van der Waals surface area contributed by atoms with Crippen LogP contribution in [0, 0.1) is 23.2 Å². The van der Waals surface area contributed by atoms with E-state index in [1.807, 2.05) is 6.92 Å². The van der Waals surface area contributed by atoms with E-state index in [2.05, 4.69) is 10.1 Å². The predicted molar refractivity (Wildman–Crippen MR) is 76.0 cm³/mol. The van der Waals surface area contributed by atoms with Gasteiger partial charge in [0.15, 0.2) is 5.82 Å².